The molecule has 0 aliphatic carbocycles. The summed E-state index contributed by atoms with van der Waals surface area (Å²) in [4.78, 5) is 11.6. The molecule has 0 radical (unpaired) electrons. The molecule has 0 fully saturated rings. The number of allylic oxidation sites excluding steroid dienone is 1. The summed E-state index contributed by atoms with van der Waals surface area (Å²) < 4.78 is 5.08. The Bertz CT molecular complexity index is 589. The van der Waals surface area contributed by atoms with E-state index < -0.39 is 12.0 Å². The van der Waals surface area contributed by atoms with Gasteiger partial charge in [0.15, 0.2) is 6.10 Å². The van der Waals surface area contributed by atoms with Crippen LogP contribution in [0.25, 0.3) is 6.08 Å². The quantitative estimate of drug-likeness (QED) is 0.645. The van der Waals surface area contributed by atoms with E-state index in [9.17, 15) is 9.90 Å². The third kappa shape index (κ3) is 3.93. The van der Waals surface area contributed by atoms with E-state index in [2.05, 4.69) is 10.5 Å². The monoisotopic (exact) mass is 270 g/mol. The molecule has 102 valence electrons. The van der Waals surface area contributed by atoms with Crippen LogP contribution in [0, 0.1) is 0 Å². The van der Waals surface area contributed by atoms with Crippen molar-refractivity contribution in [3.8, 4) is 0 Å². The molecule has 1 amide bonds. The molecule has 2 rings (SSSR count). The van der Waals surface area contributed by atoms with Gasteiger partial charge in [0.1, 0.15) is 5.76 Å². The third-order valence-corrected chi connectivity index (χ3v) is 2.50. The van der Waals surface area contributed by atoms with Gasteiger partial charge >= 0.3 is 0 Å². The maximum atomic E-state index is 11.6. The van der Waals surface area contributed by atoms with Crippen LogP contribution in [0.2, 0.25) is 0 Å². The Morgan fingerprint density at radius 2 is 2.05 bits per heavy atom. The second kappa shape index (κ2) is 7.06. The van der Waals surface area contributed by atoms with Crippen molar-refractivity contribution in [1.29, 1.82) is 0 Å². The SMILES string of the molecule is O=C(N/N=C/C=C/c1ccco1)C(O)c1ccccc1. The van der Waals surface area contributed by atoms with E-state index in [-0.39, 0.29) is 0 Å². The van der Waals surface area contributed by atoms with Crippen LogP contribution < -0.4 is 5.43 Å². The van der Waals surface area contributed by atoms with E-state index in [0.717, 1.165) is 0 Å². The number of aliphatic hydroxyl groups excluding tert-OH is 1. The molecule has 1 aromatic heterocycles. The zero-order valence-electron chi connectivity index (χ0n) is 10.6. The van der Waals surface area contributed by atoms with Crippen molar-refractivity contribution in [3.05, 3.63) is 66.1 Å². The molecule has 1 heterocycles. The summed E-state index contributed by atoms with van der Waals surface area (Å²) in [5.41, 5.74) is 2.78. The average molecular weight is 270 g/mol. The second-order valence-electron chi connectivity index (χ2n) is 3.94. The van der Waals surface area contributed by atoms with Gasteiger partial charge in [0, 0.05) is 6.21 Å². The van der Waals surface area contributed by atoms with Crippen molar-refractivity contribution in [1.82, 2.24) is 5.43 Å². The number of amides is 1. The van der Waals surface area contributed by atoms with E-state index in [1.54, 1.807) is 54.8 Å². The number of benzene rings is 1. The summed E-state index contributed by atoms with van der Waals surface area (Å²) in [5, 5.41) is 13.5. The number of carbonyl (C=O) groups excluding carboxylic acids is 1. The smallest absolute Gasteiger partial charge is 0.273 e. The molecule has 20 heavy (non-hydrogen) atoms. The minimum Gasteiger partial charge on any atom is -0.465 e. The molecule has 1 atom stereocenters. The standard InChI is InChI=1S/C15H14N2O3/c18-14(12-6-2-1-3-7-12)15(19)17-16-10-4-8-13-9-5-11-20-13/h1-11,14,18H,(H,17,19)/b8-4+,16-10+. The molecule has 0 bridgehead atoms. The summed E-state index contributed by atoms with van der Waals surface area (Å²) in [7, 11) is 0. The van der Waals surface area contributed by atoms with Gasteiger partial charge in [-0.25, -0.2) is 5.43 Å². The fraction of sp³-hybridized carbons (Fsp3) is 0.0667. The predicted octanol–water partition coefficient (Wildman–Crippen LogP) is 2.13. The lowest BCUT2D eigenvalue weighted by Crippen LogP contribution is -2.24. The van der Waals surface area contributed by atoms with Crippen LogP contribution in [0.15, 0.2) is 64.3 Å². The lowest BCUT2D eigenvalue weighted by Gasteiger charge is -2.08. The van der Waals surface area contributed by atoms with Gasteiger partial charge in [0.2, 0.25) is 0 Å². The van der Waals surface area contributed by atoms with Gasteiger partial charge < -0.3 is 9.52 Å². The number of furan rings is 1. The molecular weight excluding hydrogens is 256 g/mol. The molecule has 0 saturated heterocycles. The highest BCUT2D eigenvalue weighted by molar-refractivity contribution is 5.84. The molecule has 0 aliphatic heterocycles. The summed E-state index contributed by atoms with van der Waals surface area (Å²) in [6, 6.07) is 12.2. The van der Waals surface area contributed by atoms with Gasteiger partial charge in [0.25, 0.3) is 5.91 Å². The van der Waals surface area contributed by atoms with Gasteiger partial charge in [-0.15, -0.1) is 0 Å². The number of nitrogens with one attached hydrogen (secondary N) is 1. The van der Waals surface area contributed by atoms with Crippen LogP contribution in [-0.4, -0.2) is 17.2 Å². The molecule has 2 N–H and O–H groups in total. The fourth-order valence-corrected chi connectivity index (χ4v) is 1.52. The first-order valence-corrected chi connectivity index (χ1v) is 6.03. The Morgan fingerprint density at radius 1 is 1.25 bits per heavy atom. The zero-order valence-corrected chi connectivity index (χ0v) is 10.6. The Kier molecular flexibility index (Phi) is 4.86. The first-order chi connectivity index (χ1) is 9.77. The number of aliphatic hydroxyl groups is 1. The molecule has 1 unspecified atom stereocenters. The number of carbonyl (C=O) groups is 1. The minimum atomic E-state index is -1.23. The first-order valence-electron chi connectivity index (χ1n) is 6.03. The van der Waals surface area contributed by atoms with Crippen LogP contribution in [0.3, 0.4) is 0 Å². The van der Waals surface area contributed by atoms with E-state index in [4.69, 9.17) is 4.42 Å². The molecule has 5 nitrogen and oxygen atoms in total. The summed E-state index contributed by atoms with van der Waals surface area (Å²) in [5.74, 6) is 0.103. The van der Waals surface area contributed by atoms with E-state index >= 15 is 0 Å². The number of hydrogen-bond acceptors (Lipinski definition) is 4. The third-order valence-electron chi connectivity index (χ3n) is 2.50. The largest absolute Gasteiger partial charge is 0.465 e. The number of rotatable bonds is 5. The minimum absolute atomic E-state index is 0.520. The van der Waals surface area contributed by atoms with Crippen molar-refractivity contribution in [2.75, 3.05) is 0 Å². The highest BCUT2D eigenvalue weighted by Crippen LogP contribution is 2.11. The van der Waals surface area contributed by atoms with Gasteiger partial charge in [0.05, 0.1) is 6.26 Å². The van der Waals surface area contributed by atoms with Crippen molar-refractivity contribution >= 4 is 18.2 Å². The van der Waals surface area contributed by atoms with E-state index in [0.29, 0.717) is 11.3 Å². The van der Waals surface area contributed by atoms with Crippen molar-refractivity contribution < 1.29 is 14.3 Å². The van der Waals surface area contributed by atoms with Crippen LogP contribution in [0.5, 0.6) is 0 Å². The highest BCUT2D eigenvalue weighted by Gasteiger charge is 2.15. The molecule has 0 saturated carbocycles. The Balaban J connectivity index is 1.83. The number of hydrogen-bond donors (Lipinski definition) is 2. The summed E-state index contributed by atoms with van der Waals surface area (Å²) in [6.45, 7) is 0. The van der Waals surface area contributed by atoms with Crippen molar-refractivity contribution in [3.63, 3.8) is 0 Å². The topological polar surface area (TPSA) is 74.8 Å². The summed E-state index contributed by atoms with van der Waals surface area (Å²) in [6.07, 6.45) is 5.05. The Morgan fingerprint density at radius 3 is 2.75 bits per heavy atom. The average Bonchev–Trinajstić information content (AvgIpc) is 3.00. The van der Waals surface area contributed by atoms with Crippen LogP contribution in [0.1, 0.15) is 17.4 Å². The Labute approximate surface area is 116 Å². The molecule has 2 aromatic rings. The second-order valence-corrected chi connectivity index (χ2v) is 3.94. The predicted molar refractivity (Wildman–Crippen MR) is 75.8 cm³/mol. The lowest BCUT2D eigenvalue weighted by molar-refractivity contribution is -0.129. The van der Waals surface area contributed by atoms with Crippen LogP contribution >= 0.6 is 0 Å². The molecule has 5 heteroatoms. The van der Waals surface area contributed by atoms with E-state index in [1.165, 1.54) is 6.21 Å². The number of nitrogens with zero attached hydrogens (tertiary/aromatic N) is 1. The van der Waals surface area contributed by atoms with Gasteiger partial charge in [-0.3, -0.25) is 4.79 Å². The number of hydrazone groups is 1. The highest BCUT2D eigenvalue weighted by atomic mass is 16.3. The van der Waals surface area contributed by atoms with Gasteiger partial charge in [-0.05, 0) is 29.8 Å². The maximum absolute atomic E-state index is 11.6. The van der Waals surface area contributed by atoms with Crippen LogP contribution in [0.4, 0.5) is 0 Å². The first kappa shape index (κ1) is 13.8. The zero-order chi connectivity index (χ0) is 14.2. The molecule has 1 aromatic carbocycles. The summed E-state index contributed by atoms with van der Waals surface area (Å²) >= 11 is 0. The van der Waals surface area contributed by atoms with E-state index in [1.807, 2.05) is 6.07 Å². The van der Waals surface area contributed by atoms with Gasteiger partial charge in [-0.2, -0.15) is 5.10 Å². The molecule has 0 spiro atoms. The van der Waals surface area contributed by atoms with Crippen LogP contribution in [-0.2, 0) is 4.79 Å². The van der Waals surface area contributed by atoms with Gasteiger partial charge in [-0.1, -0.05) is 30.3 Å². The molecular formula is C15H14N2O3. The van der Waals surface area contributed by atoms with Crippen molar-refractivity contribution in [2.24, 2.45) is 5.10 Å². The lowest BCUT2D eigenvalue weighted by atomic mass is 10.1. The fourth-order valence-electron chi connectivity index (χ4n) is 1.52. The molecule has 0 aliphatic rings. The maximum Gasteiger partial charge on any atom is 0.273 e. The Hall–Kier alpha value is -2.66. The van der Waals surface area contributed by atoms with Crippen molar-refractivity contribution in [2.45, 2.75) is 6.10 Å². The normalized spacial score (nSPS) is 12.8.